The highest BCUT2D eigenvalue weighted by atomic mass is 16.5. The van der Waals surface area contributed by atoms with Gasteiger partial charge in [-0.25, -0.2) is 0 Å². The van der Waals surface area contributed by atoms with Crippen LogP contribution in [0.4, 0.5) is 0 Å². The second kappa shape index (κ2) is 3.91. The fourth-order valence-electron chi connectivity index (χ4n) is 1.29. The van der Waals surface area contributed by atoms with Gasteiger partial charge in [-0.3, -0.25) is 4.57 Å². The van der Waals surface area contributed by atoms with Gasteiger partial charge in [-0.2, -0.15) is 0 Å². The first-order chi connectivity index (χ1) is 6.90. The average Bonchev–Trinajstić information content (AvgIpc) is 2.67. The lowest BCUT2D eigenvalue weighted by molar-refractivity contribution is 0.360. The Hall–Kier alpha value is -1.84. The molecule has 14 heavy (non-hydrogen) atoms. The second-order valence-corrected chi connectivity index (χ2v) is 2.93. The fourth-order valence-corrected chi connectivity index (χ4v) is 1.29. The average molecular weight is 189 g/mol. The predicted molar refractivity (Wildman–Crippen MR) is 52.1 cm³/mol. The number of benzene rings is 1. The third kappa shape index (κ3) is 1.74. The zero-order valence-corrected chi connectivity index (χ0v) is 7.92. The summed E-state index contributed by atoms with van der Waals surface area (Å²) in [6, 6.07) is 10.7. The van der Waals surface area contributed by atoms with Crippen molar-refractivity contribution < 1.29 is 4.74 Å². The topological polar surface area (TPSA) is 39.9 Å². The molecule has 0 atom stereocenters. The molecule has 4 heteroatoms. The maximum atomic E-state index is 5.05. The van der Waals surface area contributed by atoms with Crippen molar-refractivity contribution in [2.45, 2.75) is 6.54 Å². The van der Waals surface area contributed by atoms with Gasteiger partial charge in [0.05, 0.1) is 13.7 Å². The van der Waals surface area contributed by atoms with Crippen LogP contribution in [-0.4, -0.2) is 21.9 Å². The van der Waals surface area contributed by atoms with Gasteiger partial charge in [-0.1, -0.05) is 35.4 Å². The summed E-state index contributed by atoms with van der Waals surface area (Å²) in [5.41, 5.74) is 1.20. The summed E-state index contributed by atoms with van der Waals surface area (Å²) >= 11 is 0. The Balaban J connectivity index is 2.19. The summed E-state index contributed by atoms with van der Waals surface area (Å²) in [4.78, 5) is 0. The number of nitrogens with zero attached hydrogens (tertiary/aromatic N) is 3. The van der Waals surface area contributed by atoms with Gasteiger partial charge in [-0.05, 0) is 5.56 Å². The molecule has 1 aromatic heterocycles. The third-order valence-corrected chi connectivity index (χ3v) is 1.96. The van der Waals surface area contributed by atoms with Crippen molar-refractivity contribution in [3.8, 4) is 6.01 Å². The first-order valence-electron chi connectivity index (χ1n) is 4.36. The van der Waals surface area contributed by atoms with Gasteiger partial charge >= 0.3 is 6.01 Å². The minimum absolute atomic E-state index is 0.536. The molecule has 0 saturated carbocycles. The van der Waals surface area contributed by atoms with Crippen molar-refractivity contribution in [1.82, 2.24) is 14.8 Å². The zero-order chi connectivity index (χ0) is 9.80. The molecule has 0 N–H and O–H groups in total. The summed E-state index contributed by atoms with van der Waals surface area (Å²) in [5.74, 6) is 0. The molecular formula is C10H11N3O. The largest absolute Gasteiger partial charge is 0.467 e. The molecule has 0 bridgehead atoms. The van der Waals surface area contributed by atoms with Gasteiger partial charge < -0.3 is 4.74 Å². The molecule has 0 aliphatic heterocycles. The standard InChI is InChI=1S/C10H11N3O/c1-14-10-12-11-8-13(10)7-9-5-3-2-4-6-9/h2-6,8H,7H2,1H3. The van der Waals surface area contributed by atoms with Crippen molar-refractivity contribution in [2.24, 2.45) is 0 Å². The smallest absolute Gasteiger partial charge is 0.316 e. The van der Waals surface area contributed by atoms with Gasteiger partial charge in [-0.15, -0.1) is 5.10 Å². The molecule has 0 unspecified atom stereocenters. The number of rotatable bonds is 3. The number of hydrogen-bond donors (Lipinski definition) is 0. The molecule has 0 saturated heterocycles. The van der Waals surface area contributed by atoms with Crippen LogP contribution in [0, 0.1) is 0 Å². The molecule has 0 aliphatic rings. The normalized spacial score (nSPS) is 10.1. The summed E-state index contributed by atoms with van der Waals surface area (Å²) in [6.07, 6.45) is 1.66. The molecule has 0 spiro atoms. The minimum atomic E-state index is 0.536. The van der Waals surface area contributed by atoms with E-state index in [1.54, 1.807) is 13.4 Å². The fraction of sp³-hybridized carbons (Fsp3) is 0.200. The molecule has 1 heterocycles. The molecule has 2 aromatic rings. The minimum Gasteiger partial charge on any atom is -0.467 e. The lowest BCUT2D eigenvalue weighted by atomic mass is 10.2. The Kier molecular flexibility index (Phi) is 2.44. The highest BCUT2D eigenvalue weighted by molar-refractivity contribution is 5.15. The quantitative estimate of drug-likeness (QED) is 0.731. The summed E-state index contributed by atoms with van der Waals surface area (Å²) in [6.45, 7) is 0.733. The molecule has 0 amide bonds. The van der Waals surface area contributed by atoms with Gasteiger partial charge in [0, 0.05) is 0 Å². The van der Waals surface area contributed by atoms with E-state index in [1.807, 2.05) is 22.8 Å². The molecule has 72 valence electrons. The highest BCUT2D eigenvalue weighted by Gasteiger charge is 2.02. The SMILES string of the molecule is COc1nncn1Cc1ccccc1. The van der Waals surface area contributed by atoms with Crippen LogP contribution in [0.25, 0.3) is 0 Å². The molecular weight excluding hydrogens is 178 g/mol. The Morgan fingerprint density at radius 2 is 2.07 bits per heavy atom. The van der Waals surface area contributed by atoms with Crippen LogP contribution >= 0.6 is 0 Å². The van der Waals surface area contributed by atoms with Gasteiger partial charge in [0.15, 0.2) is 0 Å². The molecule has 0 aliphatic carbocycles. The van der Waals surface area contributed by atoms with Crippen LogP contribution < -0.4 is 4.74 Å². The maximum absolute atomic E-state index is 5.05. The van der Waals surface area contributed by atoms with E-state index in [2.05, 4.69) is 22.3 Å². The Bertz CT molecular complexity index is 397. The molecule has 4 nitrogen and oxygen atoms in total. The first-order valence-corrected chi connectivity index (χ1v) is 4.36. The number of methoxy groups -OCH3 is 1. The van der Waals surface area contributed by atoms with Crippen molar-refractivity contribution in [3.05, 3.63) is 42.2 Å². The van der Waals surface area contributed by atoms with Crippen LogP contribution in [-0.2, 0) is 6.54 Å². The van der Waals surface area contributed by atoms with E-state index in [0.717, 1.165) is 6.54 Å². The highest BCUT2D eigenvalue weighted by Crippen LogP contribution is 2.08. The van der Waals surface area contributed by atoms with Crippen molar-refractivity contribution in [3.63, 3.8) is 0 Å². The van der Waals surface area contributed by atoms with E-state index in [-0.39, 0.29) is 0 Å². The van der Waals surface area contributed by atoms with Crippen molar-refractivity contribution in [2.75, 3.05) is 7.11 Å². The van der Waals surface area contributed by atoms with E-state index in [9.17, 15) is 0 Å². The molecule has 0 fully saturated rings. The second-order valence-electron chi connectivity index (χ2n) is 2.93. The third-order valence-electron chi connectivity index (χ3n) is 1.96. The Morgan fingerprint density at radius 1 is 1.29 bits per heavy atom. The number of ether oxygens (including phenoxy) is 1. The van der Waals surface area contributed by atoms with Crippen LogP contribution in [0.1, 0.15) is 5.56 Å². The van der Waals surface area contributed by atoms with Crippen LogP contribution in [0.3, 0.4) is 0 Å². The van der Waals surface area contributed by atoms with Crippen LogP contribution in [0.5, 0.6) is 6.01 Å². The maximum Gasteiger partial charge on any atom is 0.316 e. The number of aromatic nitrogens is 3. The summed E-state index contributed by atoms with van der Waals surface area (Å²) in [7, 11) is 1.59. The zero-order valence-electron chi connectivity index (χ0n) is 7.92. The molecule has 1 aromatic carbocycles. The van der Waals surface area contributed by atoms with Crippen LogP contribution in [0.15, 0.2) is 36.7 Å². The van der Waals surface area contributed by atoms with Gasteiger partial charge in [0.25, 0.3) is 0 Å². The van der Waals surface area contributed by atoms with E-state index < -0.39 is 0 Å². The Labute approximate surface area is 82.2 Å². The van der Waals surface area contributed by atoms with E-state index in [1.165, 1.54) is 5.56 Å². The van der Waals surface area contributed by atoms with Gasteiger partial charge in [0.2, 0.25) is 0 Å². The summed E-state index contributed by atoms with van der Waals surface area (Å²) in [5, 5.41) is 7.60. The lowest BCUT2D eigenvalue weighted by Gasteiger charge is -2.04. The molecule has 0 radical (unpaired) electrons. The van der Waals surface area contributed by atoms with E-state index >= 15 is 0 Å². The predicted octanol–water partition coefficient (Wildman–Crippen LogP) is 1.33. The van der Waals surface area contributed by atoms with E-state index in [0.29, 0.717) is 6.01 Å². The van der Waals surface area contributed by atoms with Crippen LogP contribution in [0.2, 0.25) is 0 Å². The molecule has 2 rings (SSSR count). The Morgan fingerprint density at radius 3 is 2.79 bits per heavy atom. The number of hydrogen-bond acceptors (Lipinski definition) is 3. The monoisotopic (exact) mass is 189 g/mol. The lowest BCUT2D eigenvalue weighted by Crippen LogP contribution is -2.01. The van der Waals surface area contributed by atoms with E-state index in [4.69, 9.17) is 4.74 Å². The van der Waals surface area contributed by atoms with Crippen molar-refractivity contribution in [1.29, 1.82) is 0 Å². The van der Waals surface area contributed by atoms with Gasteiger partial charge in [0.1, 0.15) is 6.33 Å². The van der Waals surface area contributed by atoms with Crippen molar-refractivity contribution >= 4 is 0 Å². The summed E-state index contributed by atoms with van der Waals surface area (Å²) < 4.78 is 6.90. The first kappa shape index (κ1) is 8.74.